The standard InChI is InChI=1S/C18H20N4O5/c1-3-4-15-19-14(21-27-15)9-22-16(23)18(2,20-17(22)24)8-11-5-6-12-13(7-11)26-10-25-12/h5-7H,3-4,8-10H2,1-2H3,(H,20,24)/t18-/m0/s1. The molecule has 1 N–H and O–H groups in total. The number of hydrogen-bond donors (Lipinski definition) is 1. The summed E-state index contributed by atoms with van der Waals surface area (Å²) >= 11 is 0. The molecule has 0 spiro atoms. The summed E-state index contributed by atoms with van der Waals surface area (Å²) in [6.07, 6.45) is 1.87. The predicted molar refractivity (Wildman–Crippen MR) is 92.0 cm³/mol. The van der Waals surface area contributed by atoms with Crippen LogP contribution < -0.4 is 14.8 Å². The number of nitrogens with one attached hydrogen (secondary N) is 1. The van der Waals surface area contributed by atoms with E-state index in [1.165, 1.54) is 0 Å². The molecule has 3 amide bonds. The highest BCUT2D eigenvalue weighted by molar-refractivity contribution is 6.06. The fourth-order valence-corrected chi connectivity index (χ4v) is 3.28. The van der Waals surface area contributed by atoms with Gasteiger partial charge in [-0.15, -0.1) is 0 Å². The van der Waals surface area contributed by atoms with E-state index in [9.17, 15) is 9.59 Å². The van der Waals surface area contributed by atoms with Crippen molar-refractivity contribution >= 4 is 11.9 Å². The van der Waals surface area contributed by atoms with Crippen molar-refractivity contribution in [1.82, 2.24) is 20.4 Å². The van der Waals surface area contributed by atoms with E-state index in [1.807, 2.05) is 19.1 Å². The van der Waals surface area contributed by atoms with Crippen LogP contribution in [0.15, 0.2) is 22.7 Å². The molecule has 4 rings (SSSR count). The van der Waals surface area contributed by atoms with Gasteiger partial charge in [0.05, 0.1) is 6.54 Å². The Bertz CT molecular complexity index is 896. The molecule has 3 heterocycles. The van der Waals surface area contributed by atoms with Gasteiger partial charge in [0.25, 0.3) is 5.91 Å². The molecule has 9 nitrogen and oxygen atoms in total. The first-order valence-electron chi connectivity index (χ1n) is 8.82. The number of benzene rings is 1. The van der Waals surface area contributed by atoms with Gasteiger partial charge in [-0.1, -0.05) is 18.1 Å². The quantitative estimate of drug-likeness (QED) is 0.771. The van der Waals surface area contributed by atoms with Crippen molar-refractivity contribution in [1.29, 1.82) is 0 Å². The zero-order valence-corrected chi connectivity index (χ0v) is 15.2. The second-order valence-corrected chi connectivity index (χ2v) is 6.87. The Hall–Kier alpha value is -3.10. The maximum atomic E-state index is 12.9. The molecule has 1 saturated heterocycles. The van der Waals surface area contributed by atoms with E-state index < -0.39 is 11.6 Å². The zero-order chi connectivity index (χ0) is 19.0. The Labute approximate surface area is 155 Å². The average molecular weight is 372 g/mol. The maximum absolute atomic E-state index is 12.9. The molecule has 0 saturated carbocycles. The highest BCUT2D eigenvalue weighted by atomic mass is 16.7. The third-order valence-electron chi connectivity index (χ3n) is 4.61. The van der Waals surface area contributed by atoms with Crippen LogP contribution in [0.25, 0.3) is 0 Å². The molecule has 2 aromatic rings. The molecule has 0 unspecified atom stereocenters. The van der Waals surface area contributed by atoms with Crippen LogP contribution in [0, 0.1) is 0 Å². The van der Waals surface area contributed by atoms with Crippen LogP contribution in [0.2, 0.25) is 0 Å². The number of aromatic nitrogens is 2. The van der Waals surface area contributed by atoms with Crippen LogP contribution >= 0.6 is 0 Å². The monoisotopic (exact) mass is 372 g/mol. The van der Waals surface area contributed by atoms with E-state index in [-0.39, 0.29) is 19.2 Å². The molecule has 27 heavy (non-hydrogen) atoms. The number of hydrogen-bond acceptors (Lipinski definition) is 7. The molecule has 1 aromatic heterocycles. The van der Waals surface area contributed by atoms with Crippen molar-refractivity contribution in [2.45, 2.75) is 45.2 Å². The molecule has 9 heteroatoms. The molecule has 0 bridgehead atoms. The number of fused-ring (bicyclic) bond motifs is 1. The second-order valence-electron chi connectivity index (χ2n) is 6.87. The van der Waals surface area contributed by atoms with Crippen molar-refractivity contribution in [3.05, 3.63) is 35.5 Å². The summed E-state index contributed by atoms with van der Waals surface area (Å²) in [6.45, 7) is 3.87. The topological polar surface area (TPSA) is 107 Å². The van der Waals surface area contributed by atoms with Gasteiger partial charge in [0.1, 0.15) is 5.54 Å². The van der Waals surface area contributed by atoms with Crippen molar-refractivity contribution in [2.75, 3.05) is 6.79 Å². The van der Waals surface area contributed by atoms with Crippen molar-refractivity contribution in [2.24, 2.45) is 0 Å². The minimum Gasteiger partial charge on any atom is -0.454 e. The van der Waals surface area contributed by atoms with Crippen molar-refractivity contribution in [3.63, 3.8) is 0 Å². The number of carbonyl (C=O) groups is 2. The maximum Gasteiger partial charge on any atom is 0.325 e. The van der Waals surface area contributed by atoms with Gasteiger partial charge in [0, 0.05) is 12.8 Å². The molecule has 2 aliphatic rings. The Morgan fingerprint density at radius 1 is 1.26 bits per heavy atom. The molecule has 1 atom stereocenters. The Kier molecular flexibility index (Phi) is 4.21. The number of imide groups is 1. The minimum atomic E-state index is -1.05. The highest BCUT2D eigenvalue weighted by Crippen LogP contribution is 2.34. The number of carbonyl (C=O) groups excluding carboxylic acids is 2. The zero-order valence-electron chi connectivity index (χ0n) is 15.2. The lowest BCUT2D eigenvalue weighted by atomic mass is 9.92. The summed E-state index contributed by atoms with van der Waals surface area (Å²) in [5, 5.41) is 6.63. The van der Waals surface area contributed by atoms with Crippen molar-refractivity contribution < 1.29 is 23.6 Å². The highest BCUT2D eigenvalue weighted by Gasteiger charge is 2.48. The number of ether oxygens (including phenoxy) is 2. The molecule has 0 radical (unpaired) electrons. The lowest BCUT2D eigenvalue weighted by molar-refractivity contribution is -0.131. The molecule has 142 valence electrons. The predicted octanol–water partition coefficient (Wildman–Crippen LogP) is 1.80. The third kappa shape index (κ3) is 3.20. The van der Waals surface area contributed by atoms with Gasteiger partial charge in [-0.3, -0.25) is 9.69 Å². The van der Waals surface area contributed by atoms with Crippen LogP contribution in [0.5, 0.6) is 11.5 Å². The van der Waals surface area contributed by atoms with Gasteiger partial charge in [0.2, 0.25) is 12.7 Å². The van der Waals surface area contributed by atoms with E-state index in [2.05, 4.69) is 15.5 Å². The molecule has 1 aromatic carbocycles. The van der Waals surface area contributed by atoms with Gasteiger partial charge in [-0.2, -0.15) is 4.98 Å². The van der Waals surface area contributed by atoms with Gasteiger partial charge < -0.3 is 19.3 Å². The minimum absolute atomic E-state index is 0.0192. The summed E-state index contributed by atoms with van der Waals surface area (Å²) in [5.74, 6) is 1.80. The van der Waals surface area contributed by atoms with Crippen LogP contribution in [-0.2, 0) is 24.2 Å². The number of rotatable bonds is 6. The third-order valence-corrected chi connectivity index (χ3v) is 4.61. The van der Waals surface area contributed by atoms with Gasteiger partial charge in [-0.05, 0) is 31.0 Å². The van der Waals surface area contributed by atoms with Gasteiger partial charge in [0.15, 0.2) is 17.3 Å². The molecule has 2 aliphatic heterocycles. The summed E-state index contributed by atoms with van der Waals surface area (Å²) in [5.41, 5.74) is -0.192. The fourth-order valence-electron chi connectivity index (χ4n) is 3.28. The van der Waals surface area contributed by atoms with Gasteiger partial charge in [-0.25, -0.2) is 4.79 Å². The van der Waals surface area contributed by atoms with E-state index in [0.717, 1.165) is 16.9 Å². The Morgan fingerprint density at radius 3 is 2.89 bits per heavy atom. The lowest BCUT2D eigenvalue weighted by Gasteiger charge is -2.21. The SMILES string of the molecule is CCCc1nc(CN2C(=O)N[C@@](C)(Cc3ccc4c(c3)OCO4)C2=O)no1. The largest absolute Gasteiger partial charge is 0.454 e. The summed E-state index contributed by atoms with van der Waals surface area (Å²) in [7, 11) is 0. The fraction of sp³-hybridized carbons (Fsp3) is 0.444. The smallest absolute Gasteiger partial charge is 0.325 e. The first-order chi connectivity index (χ1) is 13.0. The van der Waals surface area contributed by atoms with Crippen LogP contribution in [0.3, 0.4) is 0 Å². The Balaban J connectivity index is 1.49. The van der Waals surface area contributed by atoms with E-state index >= 15 is 0 Å². The first kappa shape index (κ1) is 17.3. The first-order valence-corrected chi connectivity index (χ1v) is 8.82. The summed E-state index contributed by atoms with van der Waals surface area (Å²) < 4.78 is 15.8. The van der Waals surface area contributed by atoms with Crippen molar-refractivity contribution in [3.8, 4) is 11.5 Å². The normalized spacial score (nSPS) is 21.0. The number of urea groups is 1. The van der Waals surface area contributed by atoms with Gasteiger partial charge >= 0.3 is 6.03 Å². The Morgan fingerprint density at radius 2 is 2.07 bits per heavy atom. The van der Waals surface area contributed by atoms with Crippen LogP contribution in [0.1, 0.15) is 37.5 Å². The number of nitrogens with zero attached hydrogens (tertiary/aromatic N) is 3. The van der Waals surface area contributed by atoms with E-state index in [0.29, 0.717) is 36.1 Å². The van der Waals surface area contributed by atoms with Crippen LogP contribution in [0.4, 0.5) is 4.79 Å². The van der Waals surface area contributed by atoms with Crippen LogP contribution in [-0.4, -0.2) is 39.3 Å². The summed E-state index contributed by atoms with van der Waals surface area (Å²) in [4.78, 5) is 30.6. The molecule has 0 aliphatic carbocycles. The molecular formula is C18H20N4O5. The summed E-state index contributed by atoms with van der Waals surface area (Å²) in [6, 6.07) is 5.02. The van der Waals surface area contributed by atoms with E-state index in [4.69, 9.17) is 14.0 Å². The number of amides is 3. The second kappa shape index (κ2) is 6.57. The lowest BCUT2D eigenvalue weighted by Crippen LogP contribution is -2.45. The number of aryl methyl sites for hydroxylation is 1. The average Bonchev–Trinajstić information content (AvgIpc) is 3.31. The molecular weight excluding hydrogens is 352 g/mol. The van der Waals surface area contributed by atoms with E-state index in [1.54, 1.807) is 13.0 Å². The molecule has 1 fully saturated rings.